The topological polar surface area (TPSA) is 21.3 Å². The molecule has 1 unspecified atom stereocenters. The zero-order valence-electron chi connectivity index (χ0n) is 8.45. The molecule has 84 valence electrons. The van der Waals surface area contributed by atoms with E-state index < -0.39 is 17.8 Å². The van der Waals surface area contributed by atoms with E-state index in [0.717, 1.165) is 6.92 Å². The molecule has 2 nitrogen and oxygen atoms in total. The summed E-state index contributed by atoms with van der Waals surface area (Å²) in [6.45, 7) is 4.04. The number of hydrogen-bond acceptors (Lipinski definition) is 2. The Balaban J connectivity index is 2.49. The second-order valence-corrected chi connectivity index (χ2v) is 4.08. The average Bonchev–Trinajstić information content (AvgIpc) is 2.02. The van der Waals surface area contributed by atoms with Crippen LogP contribution < -0.4 is 5.32 Å². The minimum Gasteiger partial charge on any atom is -0.381 e. The van der Waals surface area contributed by atoms with Crippen LogP contribution in [0.15, 0.2) is 0 Å². The highest BCUT2D eigenvalue weighted by molar-refractivity contribution is 4.89. The molecule has 1 heterocycles. The monoisotopic (exact) mass is 211 g/mol. The predicted molar refractivity (Wildman–Crippen MR) is 47.1 cm³/mol. The molecule has 1 rings (SSSR count). The third-order valence-electron chi connectivity index (χ3n) is 2.65. The van der Waals surface area contributed by atoms with Gasteiger partial charge < -0.3 is 10.1 Å². The van der Waals surface area contributed by atoms with Gasteiger partial charge in [-0.05, 0) is 26.7 Å². The van der Waals surface area contributed by atoms with Crippen molar-refractivity contribution in [2.45, 2.75) is 44.4 Å². The van der Waals surface area contributed by atoms with Crippen LogP contribution in [-0.2, 0) is 4.74 Å². The predicted octanol–water partition coefficient (Wildman–Crippen LogP) is 2.10. The second kappa shape index (κ2) is 4.06. The number of hydrogen-bond donors (Lipinski definition) is 1. The molecule has 1 atom stereocenters. The van der Waals surface area contributed by atoms with Crippen molar-refractivity contribution in [2.75, 3.05) is 13.2 Å². The highest BCUT2D eigenvalue weighted by Crippen LogP contribution is 2.26. The molecule has 0 bridgehead atoms. The van der Waals surface area contributed by atoms with Gasteiger partial charge in [0, 0.05) is 18.8 Å². The molecule has 0 spiro atoms. The van der Waals surface area contributed by atoms with Crippen molar-refractivity contribution in [3.8, 4) is 0 Å². The molecular formula is C9H16F3NO. The van der Waals surface area contributed by atoms with Gasteiger partial charge in [-0.2, -0.15) is 13.2 Å². The molecule has 0 aromatic rings. The number of alkyl halides is 3. The lowest BCUT2D eigenvalue weighted by Crippen LogP contribution is -2.54. The number of rotatable bonds is 2. The van der Waals surface area contributed by atoms with Gasteiger partial charge in [0.2, 0.25) is 0 Å². The molecule has 1 aliphatic heterocycles. The fraction of sp³-hybridized carbons (Fsp3) is 1.00. The highest BCUT2D eigenvalue weighted by atomic mass is 19.4. The molecule has 0 saturated carbocycles. The Labute approximate surface area is 81.8 Å². The van der Waals surface area contributed by atoms with Crippen molar-refractivity contribution < 1.29 is 17.9 Å². The van der Waals surface area contributed by atoms with Crippen LogP contribution >= 0.6 is 0 Å². The Kier molecular flexibility index (Phi) is 3.42. The van der Waals surface area contributed by atoms with Gasteiger partial charge in [-0.25, -0.2) is 0 Å². The summed E-state index contributed by atoms with van der Waals surface area (Å²) in [5.74, 6) is 0. The highest BCUT2D eigenvalue weighted by Gasteiger charge is 2.40. The number of nitrogens with one attached hydrogen (secondary N) is 1. The van der Waals surface area contributed by atoms with Crippen LogP contribution in [0.1, 0.15) is 26.7 Å². The fourth-order valence-electron chi connectivity index (χ4n) is 1.57. The van der Waals surface area contributed by atoms with Crippen molar-refractivity contribution in [1.82, 2.24) is 5.32 Å². The zero-order valence-corrected chi connectivity index (χ0v) is 8.45. The molecule has 0 aromatic heterocycles. The largest absolute Gasteiger partial charge is 0.403 e. The van der Waals surface area contributed by atoms with Gasteiger partial charge in [-0.15, -0.1) is 0 Å². The van der Waals surface area contributed by atoms with Gasteiger partial charge in [-0.1, -0.05) is 0 Å². The first-order valence-electron chi connectivity index (χ1n) is 4.76. The molecule has 1 saturated heterocycles. The molecule has 1 fully saturated rings. The quantitative estimate of drug-likeness (QED) is 0.755. The summed E-state index contributed by atoms with van der Waals surface area (Å²) in [5, 5.41) is 2.63. The standard InChI is InChI=1S/C9H16F3NO/c1-7(9(10,11)12)13-8(2)3-5-14-6-4-8/h7,13H,3-6H2,1-2H3. The molecule has 0 radical (unpaired) electrons. The minimum atomic E-state index is -4.17. The van der Waals surface area contributed by atoms with Crippen molar-refractivity contribution in [2.24, 2.45) is 0 Å². The van der Waals surface area contributed by atoms with E-state index in [4.69, 9.17) is 4.74 Å². The third kappa shape index (κ3) is 3.13. The smallest absolute Gasteiger partial charge is 0.381 e. The van der Waals surface area contributed by atoms with E-state index in [1.165, 1.54) is 0 Å². The van der Waals surface area contributed by atoms with Gasteiger partial charge in [-0.3, -0.25) is 0 Å². The molecule has 0 aromatic carbocycles. The van der Waals surface area contributed by atoms with Gasteiger partial charge in [0.25, 0.3) is 0 Å². The van der Waals surface area contributed by atoms with Crippen LogP contribution in [0.4, 0.5) is 13.2 Å². The SMILES string of the molecule is CC(NC1(C)CCOCC1)C(F)(F)F. The van der Waals surface area contributed by atoms with E-state index >= 15 is 0 Å². The summed E-state index contributed by atoms with van der Waals surface area (Å²) in [4.78, 5) is 0. The van der Waals surface area contributed by atoms with E-state index in [9.17, 15) is 13.2 Å². The summed E-state index contributed by atoms with van der Waals surface area (Å²) in [6, 6.07) is -1.45. The summed E-state index contributed by atoms with van der Waals surface area (Å²) >= 11 is 0. The Morgan fingerprint density at radius 3 is 2.21 bits per heavy atom. The summed E-state index contributed by atoms with van der Waals surface area (Å²) in [7, 11) is 0. The van der Waals surface area contributed by atoms with Crippen LogP contribution in [0.25, 0.3) is 0 Å². The Bertz CT molecular complexity index is 187. The van der Waals surface area contributed by atoms with Crippen molar-refractivity contribution in [3.63, 3.8) is 0 Å². The van der Waals surface area contributed by atoms with Crippen molar-refractivity contribution in [3.05, 3.63) is 0 Å². The zero-order chi connectivity index (χ0) is 10.8. The summed E-state index contributed by atoms with van der Waals surface area (Å²) in [5.41, 5.74) is -0.437. The van der Waals surface area contributed by atoms with Crippen molar-refractivity contribution in [1.29, 1.82) is 0 Å². The maximum atomic E-state index is 12.3. The molecule has 14 heavy (non-hydrogen) atoms. The lowest BCUT2D eigenvalue weighted by atomic mass is 9.91. The van der Waals surface area contributed by atoms with Gasteiger partial charge in [0.05, 0.1) is 0 Å². The molecule has 5 heteroatoms. The van der Waals surface area contributed by atoms with Gasteiger partial charge in [0.1, 0.15) is 6.04 Å². The number of halogens is 3. The van der Waals surface area contributed by atoms with Crippen LogP contribution in [0.3, 0.4) is 0 Å². The normalized spacial score (nSPS) is 24.6. The Hall–Kier alpha value is -0.290. The van der Waals surface area contributed by atoms with Gasteiger partial charge in [0.15, 0.2) is 0 Å². The second-order valence-electron chi connectivity index (χ2n) is 4.08. The summed E-state index contributed by atoms with van der Waals surface area (Å²) in [6.07, 6.45) is -2.90. The lowest BCUT2D eigenvalue weighted by Gasteiger charge is -2.37. The molecule has 1 aliphatic rings. The van der Waals surface area contributed by atoms with E-state index in [-0.39, 0.29) is 0 Å². The Morgan fingerprint density at radius 2 is 1.79 bits per heavy atom. The first-order valence-corrected chi connectivity index (χ1v) is 4.76. The molecular weight excluding hydrogens is 195 g/mol. The molecule has 0 aliphatic carbocycles. The van der Waals surface area contributed by atoms with E-state index in [0.29, 0.717) is 26.1 Å². The average molecular weight is 211 g/mol. The Morgan fingerprint density at radius 1 is 1.29 bits per heavy atom. The van der Waals surface area contributed by atoms with Gasteiger partial charge >= 0.3 is 6.18 Å². The van der Waals surface area contributed by atoms with Crippen LogP contribution in [-0.4, -0.2) is 31.0 Å². The minimum absolute atomic E-state index is 0.437. The summed E-state index contributed by atoms with van der Waals surface area (Å²) < 4.78 is 42.0. The fourth-order valence-corrected chi connectivity index (χ4v) is 1.57. The van der Waals surface area contributed by atoms with Crippen molar-refractivity contribution >= 4 is 0 Å². The maximum absolute atomic E-state index is 12.3. The number of ether oxygens (including phenoxy) is 1. The first-order chi connectivity index (χ1) is 6.33. The third-order valence-corrected chi connectivity index (χ3v) is 2.65. The first kappa shape index (κ1) is 11.8. The van der Waals surface area contributed by atoms with Crippen LogP contribution in [0.5, 0.6) is 0 Å². The molecule has 0 amide bonds. The van der Waals surface area contributed by atoms with E-state index in [1.807, 2.05) is 6.92 Å². The maximum Gasteiger partial charge on any atom is 0.403 e. The van der Waals surface area contributed by atoms with E-state index in [2.05, 4.69) is 5.32 Å². The lowest BCUT2D eigenvalue weighted by molar-refractivity contribution is -0.158. The van der Waals surface area contributed by atoms with Crippen LogP contribution in [0, 0.1) is 0 Å². The molecule has 1 N–H and O–H groups in total. The van der Waals surface area contributed by atoms with E-state index in [1.54, 1.807) is 0 Å². The van der Waals surface area contributed by atoms with Crippen LogP contribution in [0.2, 0.25) is 0 Å².